The molecule has 2 aromatic rings. The first-order valence-electron chi connectivity index (χ1n) is 5.75. The second kappa shape index (κ2) is 6.58. The van der Waals surface area contributed by atoms with Crippen LogP contribution in [-0.4, -0.2) is 27.7 Å². The van der Waals surface area contributed by atoms with Crippen LogP contribution in [0.2, 0.25) is 0 Å². The van der Waals surface area contributed by atoms with Crippen LogP contribution in [0.1, 0.15) is 10.4 Å². The third kappa shape index (κ3) is 3.72. The summed E-state index contributed by atoms with van der Waals surface area (Å²) in [4.78, 5) is 12.3. The van der Waals surface area contributed by atoms with Gasteiger partial charge >= 0.3 is 0 Å². The van der Waals surface area contributed by atoms with E-state index < -0.39 is 0 Å². The molecule has 0 saturated carbocycles. The lowest BCUT2D eigenvalue weighted by atomic mass is 10.2. The molecule has 2 rings (SSSR count). The van der Waals surface area contributed by atoms with E-state index in [1.54, 1.807) is 30.3 Å². The van der Waals surface area contributed by atoms with E-state index in [1.165, 1.54) is 12.4 Å². The number of nitrogens with zero attached hydrogens (tertiary/aromatic N) is 2. The van der Waals surface area contributed by atoms with Crippen molar-refractivity contribution in [1.82, 2.24) is 10.2 Å². The number of hydrogen-bond donors (Lipinski definition) is 2. The van der Waals surface area contributed by atoms with Crippen LogP contribution in [0, 0.1) is 0 Å². The predicted octanol–water partition coefficient (Wildman–Crippen LogP) is 1.39. The maximum atomic E-state index is 12.0. The van der Waals surface area contributed by atoms with E-state index in [-0.39, 0.29) is 17.5 Å². The van der Waals surface area contributed by atoms with E-state index in [2.05, 4.69) is 15.5 Å². The highest BCUT2D eigenvalue weighted by Gasteiger charge is 2.10. The molecule has 0 bridgehead atoms. The molecule has 1 amide bonds. The van der Waals surface area contributed by atoms with Crippen LogP contribution in [-0.2, 0) is 0 Å². The van der Waals surface area contributed by atoms with Gasteiger partial charge in [-0.2, -0.15) is 10.2 Å². The number of amides is 1. The number of carbonyl (C=O) groups excluding carboxylic acids is 1. The lowest BCUT2D eigenvalue weighted by Gasteiger charge is -2.11. The standard InChI is InChI=1S/C13H12N4O2S/c14-12(20)8-19-11-4-2-1-3-10(11)17-13(18)9-5-6-15-16-7-9/h1-7H,8H2,(H2,14,20)(H,17,18). The van der Waals surface area contributed by atoms with E-state index >= 15 is 0 Å². The van der Waals surface area contributed by atoms with E-state index in [9.17, 15) is 4.79 Å². The number of thiocarbonyl (C=S) groups is 1. The quantitative estimate of drug-likeness (QED) is 0.808. The number of para-hydroxylation sites is 2. The lowest BCUT2D eigenvalue weighted by Crippen LogP contribution is -2.19. The molecule has 0 aliphatic rings. The molecule has 6 nitrogen and oxygen atoms in total. The number of carbonyl (C=O) groups is 1. The van der Waals surface area contributed by atoms with Crippen LogP contribution in [0.25, 0.3) is 0 Å². The fourth-order valence-electron chi connectivity index (χ4n) is 1.46. The number of aromatic nitrogens is 2. The first kappa shape index (κ1) is 13.9. The molecular weight excluding hydrogens is 276 g/mol. The summed E-state index contributed by atoms with van der Waals surface area (Å²) in [5.74, 6) is 0.196. The van der Waals surface area contributed by atoms with Crippen LogP contribution in [0.5, 0.6) is 5.75 Å². The van der Waals surface area contributed by atoms with Crippen LogP contribution >= 0.6 is 12.2 Å². The van der Waals surface area contributed by atoms with Crippen molar-refractivity contribution < 1.29 is 9.53 Å². The Hall–Kier alpha value is -2.54. The van der Waals surface area contributed by atoms with E-state index in [1.807, 2.05) is 0 Å². The molecule has 0 unspecified atom stereocenters. The molecule has 1 heterocycles. The molecule has 102 valence electrons. The number of rotatable bonds is 5. The van der Waals surface area contributed by atoms with Crippen molar-refractivity contribution in [3.05, 3.63) is 48.3 Å². The molecule has 1 aromatic heterocycles. The average molecular weight is 288 g/mol. The Morgan fingerprint density at radius 1 is 1.30 bits per heavy atom. The molecule has 0 atom stereocenters. The van der Waals surface area contributed by atoms with Crippen molar-refractivity contribution in [2.24, 2.45) is 5.73 Å². The van der Waals surface area contributed by atoms with Crippen molar-refractivity contribution >= 4 is 28.8 Å². The summed E-state index contributed by atoms with van der Waals surface area (Å²) in [7, 11) is 0. The van der Waals surface area contributed by atoms with Crippen molar-refractivity contribution in [3.63, 3.8) is 0 Å². The fraction of sp³-hybridized carbons (Fsp3) is 0.0769. The van der Waals surface area contributed by atoms with E-state index in [4.69, 9.17) is 22.7 Å². The minimum Gasteiger partial charge on any atom is -0.484 e. The monoisotopic (exact) mass is 288 g/mol. The molecule has 1 aromatic carbocycles. The van der Waals surface area contributed by atoms with Crippen molar-refractivity contribution in [3.8, 4) is 5.75 Å². The van der Waals surface area contributed by atoms with Crippen LogP contribution in [0.3, 0.4) is 0 Å². The number of nitrogens with two attached hydrogens (primary N) is 1. The highest BCUT2D eigenvalue weighted by molar-refractivity contribution is 7.80. The van der Waals surface area contributed by atoms with Gasteiger partial charge in [-0.15, -0.1) is 0 Å². The molecule has 7 heteroatoms. The number of nitrogens with one attached hydrogen (secondary N) is 1. The lowest BCUT2D eigenvalue weighted by molar-refractivity contribution is 0.102. The summed E-state index contributed by atoms with van der Waals surface area (Å²) in [5.41, 5.74) is 6.33. The average Bonchev–Trinajstić information content (AvgIpc) is 2.47. The Bertz CT molecular complexity index is 619. The van der Waals surface area contributed by atoms with Gasteiger partial charge in [-0.25, -0.2) is 0 Å². The molecule has 0 saturated heterocycles. The highest BCUT2D eigenvalue weighted by atomic mass is 32.1. The fourth-order valence-corrected chi connectivity index (χ4v) is 1.52. The van der Waals surface area contributed by atoms with Crippen molar-refractivity contribution in [2.75, 3.05) is 11.9 Å². The normalized spacial score (nSPS) is 9.80. The second-order valence-electron chi connectivity index (χ2n) is 3.84. The molecule has 0 fully saturated rings. The molecular formula is C13H12N4O2S. The summed E-state index contributed by atoms with van der Waals surface area (Å²) in [6, 6.07) is 8.59. The van der Waals surface area contributed by atoms with Crippen LogP contribution in [0.4, 0.5) is 5.69 Å². The number of ether oxygens (including phenoxy) is 1. The number of anilines is 1. The van der Waals surface area contributed by atoms with Crippen LogP contribution < -0.4 is 15.8 Å². The summed E-state index contributed by atoms with van der Waals surface area (Å²) in [6.45, 7) is 0.110. The zero-order valence-corrected chi connectivity index (χ0v) is 11.3. The second-order valence-corrected chi connectivity index (χ2v) is 4.36. The van der Waals surface area contributed by atoms with Gasteiger partial charge in [0.1, 0.15) is 17.3 Å². The van der Waals surface area contributed by atoms with Gasteiger partial charge in [0.05, 0.1) is 23.6 Å². The smallest absolute Gasteiger partial charge is 0.257 e. The largest absolute Gasteiger partial charge is 0.484 e. The number of hydrogen-bond acceptors (Lipinski definition) is 5. The van der Waals surface area contributed by atoms with E-state index in [0.717, 1.165) is 0 Å². The Morgan fingerprint density at radius 2 is 2.10 bits per heavy atom. The minimum atomic E-state index is -0.300. The highest BCUT2D eigenvalue weighted by Crippen LogP contribution is 2.24. The Labute approximate surface area is 121 Å². The summed E-state index contributed by atoms with van der Waals surface area (Å²) in [6.07, 6.45) is 2.83. The molecule has 20 heavy (non-hydrogen) atoms. The van der Waals surface area contributed by atoms with Gasteiger partial charge in [0.15, 0.2) is 0 Å². The SMILES string of the molecule is NC(=S)COc1ccccc1NC(=O)c1ccnnc1. The van der Waals surface area contributed by atoms with Crippen molar-refractivity contribution in [1.29, 1.82) is 0 Å². The van der Waals surface area contributed by atoms with Gasteiger partial charge in [-0.3, -0.25) is 4.79 Å². The van der Waals surface area contributed by atoms with Crippen LogP contribution in [0.15, 0.2) is 42.7 Å². The molecule has 0 aliphatic heterocycles. The van der Waals surface area contributed by atoms with Gasteiger partial charge in [-0.1, -0.05) is 24.4 Å². The zero-order valence-electron chi connectivity index (χ0n) is 10.4. The number of benzene rings is 1. The minimum absolute atomic E-state index is 0.110. The summed E-state index contributed by atoms with van der Waals surface area (Å²) >= 11 is 4.75. The maximum absolute atomic E-state index is 12.0. The predicted molar refractivity (Wildman–Crippen MR) is 78.7 cm³/mol. The maximum Gasteiger partial charge on any atom is 0.257 e. The molecule has 0 radical (unpaired) electrons. The Morgan fingerprint density at radius 3 is 2.80 bits per heavy atom. The molecule has 0 spiro atoms. The zero-order chi connectivity index (χ0) is 14.4. The van der Waals surface area contributed by atoms with Gasteiger partial charge in [0, 0.05) is 0 Å². The Kier molecular flexibility index (Phi) is 4.56. The summed E-state index contributed by atoms with van der Waals surface area (Å²) in [5, 5.41) is 10.0. The first-order valence-corrected chi connectivity index (χ1v) is 6.16. The molecule has 0 aliphatic carbocycles. The van der Waals surface area contributed by atoms with Gasteiger partial charge in [0.25, 0.3) is 5.91 Å². The van der Waals surface area contributed by atoms with E-state index in [0.29, 0.717) is 17.0 Å². The van der Waals surface area contributed by atoms with Crippen molar-refractivity contribution in [2.45, 2.75) is 0 Å². The molecule has 3 N–H and O–H groups in total. The summed E-state index contributed by atoms with van der Waals surface area (Å²) < 4.78 is 5.43. The first-order chi connectivity index (χ1) is 9.66. The third-order valence-electron chi connectivity index (χ3n) is 2.35. The topological polar surface area (TPSA) is 90.1 Å². The van der Waals surface area contributed by atoms with Gasteiger partial charge < -0.3 is 15.8 Å². The Balaban J connectivity index is 2.13. The van der Waals surface area contributed by atoms with Gasteiger partial charge in [-0.05, 0) is 18.2 Å². The third-order valence-corrected chi connectivity index (χ3v) is 2.47. The van der Waals surface area contributed by atoms with Gasteiger partial charge in [0.2, 0.25) is 0 Å².